The lowest BCUT2D eigenvalue weighted by molar-refractivity contribution is -0.142. The number of aromatic nitrogens is 1. The van der Waals surface area contributed by atoms with Crippen molar-refractivity contribution in [3.63, 3.8) is 0 Å². The fraction of sp³-hybridized carbons (Fsp3) is 0.182. The van der Waals surface area contributed by atoms with Crippen molar-refractivity contribution in [2.75, 3.05) is 24.7 Å². The number of nitrogens with zero attached hydrogens (tertiary/aromatic N) is 3. The van der Waals surface area contributed by atoms with E-state index in [-0.39, 0.29) is 19.1 Å². The van der Waals surface area contributed by atoms with E-state index in [1.54, 1.807) is 30.3 Å². The van der Waals surface area contributed by atoms with Gasteiger partial charge >= 0.3 is 5.97 Å². The zero-order chi connectivity index (χ0) is 21.3. The highest BCUT2D eigenvalue weighted by Gasteiger charge is 2.19. The van der Waals surface area contributed by atoms with Gasteiger partial charge in [-0.15, -0.1) is 0 Å². The lowest BCUT2D eigenvalue weighted by atomic mass is 10.2. The fourth-order valence-corrected chi connectivity index (χ4v) is 3.65. The van der Waals surface area contributed by atoms with Gasteiger partial charge < -0.3 is 9.47 Å². The summed E-state index contributed by atoms with van der Waals surface area (Å²) in [6.45, 7) is 1.87. The molecule has 3 aromatic rings. The molecule has 0 radical (unpaired) electrons. The summed E-state index contributed by atoms with van der Waals surface area (Å²) < 4.78 is 11.2. The number of esters is 1. The minimum Gasteiger partial charge on any atom is -0.479 e. The highest BCUT2D eigenvalue weighted by molar-refractivity contribution is 7.22. The molecule has 7 nitrogen and oxygen atoms in total. The summed E-state index contributed by atoms with van der Waals surface area (Å²) in [6, 6.07) is 16.4. The second-order valence-corrected chi connectivity index (χ2v) is 7.07. The van der Waals surface area contributed by atoms with Crippen molar-refractivity contribution in [3.8, 4) is 11.8 Å². The maximum atomic E-state index is 12.5. The van der Waals surface area contributed by atoms with Crippen LogP contribution in [0.25, 0.3) is 16.3 Å². The van der Waals surface area contributed by atoms with Gasteiger partial charge in [-0.05, 0) is 42.8 Å². The van der Waals surface area contributed by atoms with Gasteiger partial charge in [0.25, 0.3) is 5.91 Å². The number of fused-ring (bicyclic) bond motifs is 1. The molecule has 0 saturated heterocycles. The largest absolute Gasteiger partial charge is 0.479 e. The van der Waals surface area contributed by atoms with Crippen LogP contribution in [0.3, 0.4) is 0 Å². The number of hydrogen-bond donors (Lipinski definition) is 0. The van der Waals surface area contributed by atoms with Crippen molar-refractivity contribution in [2.24, 2.45) is 0 Å². The predicted octanol–water partition coefficient (Wildman–Crippen LogP) is 3.81. The molecule has 0 N–H and O–H groups in total. The summed E-state index contributed by atoms with van der Waals surface area (Å²) in [4.78, 5) is 30.4. The molecule has 30 heavy (non-hydrogen) atoms. The topological polar surface area (TPSA) is 92.5 Å². The second-order valence-electron chi connectivity index (χ2n) is 6.06. The monoisotopic (exact) mass is 421 g/mol. The molecule has 0 atom stereocenters. The highest BCUT2D eigenvalue weighted by Crippen LogP contribution is 2.28. The van der Waals surface area contributed by atoms with E-state index in [2.05, 4.69) is 4.98 Å². The molecule has 1 heterocycles. The molecule has 0 fully saturated rings. The van der Waals surface area contributed by atoms with Crippen molar-refractivity contribution in [3.05, 3.63) is 60.2 Å². The van der Waals surface area contributed by atoms with Gasteiger partial charge in [-0.25, -0.2) is 9.78 Å². The van der Waals surface area contributed by atoms with E-state index in [0.29, 0.717) is 17.4 Å². The predicted molar refractivity (Wildman–Crippen MR) is 115 cm³/mol. The van der Waals surface area contributed by atoms with Crippen molar-refractivity contribution < 1.29 is 19.1 Å². The van der Waals surface area contributed by atoms with E-state index >= 15 is 0 Å². The number of nitriles is 1. The summed E-state index contributed by atoms with van der Waals surface area (Å²) in [5.41, 5.74) is 1.58. The summed E-state index contributed by atoms with van der Waals surface area (Å²) in [5.74, 6) is -0.387. The van der Waals surface area contributed by atoms with Gasteiger partial charge in [0.15, 0.2) is 18.3 Å². The van der Waals surface area contributed by atoms with Gasteiger partial charge in [0.2, 0.25) is 0 Å². The van der Waals surface area contributed by atoms with Crippen LogP contribution in [-0.2, 0) is 14.3 Å². The molecule has 3 rings (SSSR count). The quantitative estimate of drug-likeness (QED) is 0.406. The molecule has 2 aromatic carbocycles. The minimum absolute atomic E-state index is 0.0265. The van der Waals surface area contributed by atoms with Gasteiger partial charge in [-0.2, -0.15) is 5.26 Å². The van der Waals surface area contributed by atoms with E-state index in [0.717, 1.165) is 15.8 Å². The maximum absolute atomic E-state index is 12.5. The van der Waals surface area contributed by atoms with E-state index in [1.165, 1.54) is 22.3 Å². The normalized spacial score (nSPS) is 10.7. The molecule has 0 saturated carbocycles. The number of rotatable bonds is 8. The van der Waals surface area contributed by atoms with Gasteiger partial charge in [-0.1, -0.05) is 35.6 Å². The second kappa shape index (κ2) is 10.2. The van der Waals surface area contributed by atoms with E-state index in [9.17, 15) is 9.59 Å². The van der Waals surface area contributed by atoms with Crippen LogP contribution in [0, 0.1) is 11.3 Å². The third kappa shape index (κ3) is 5.43. The number of anilines is 1. The Bertz CT molecular complexity index is 1070. The fourth-order valence-electron chi connectivity index (χ4n) is 2.61. The number of amides is 1. The Labute approximate surface area is 177 Å². The first-order chi connectivity index (χ1) is 14.6. The number of carbonyl (C=O) groups is 2. The molecule has 0 bridgehead atoms. The number of thiazole rings is 1. The minimum atomic E-state index is -0.617. The summed E-state index contributed by atoms with van der Waals surface area (Å²) in [6.07, 6.45) is 2.83. The van der Waals surface area contributed by atoms with Gasteiger partial charge in [0.1, 0.15) is 11.8 Å². The first-order valence-electron chi connectivity index (χ1n) is 9.21. The smallest absolute Gasteiger partial charge is 0.331 e. The van der Waals surface area contributed by atoms with Gasteiger partial charge in [-0.3, -0.25) is 9.69 Å². The van der Waals surface area contributed by atoms with Crippen molar-refractivity contribution in [1.29, 1.82) is 5.26 Å². The summed E-state index contributed by atoms with van der Waals surface area (Å²) in [7, 11) is 0. The zero-order valence-electron chi connectivity index (χ0n) is 16.3. The molecule has 1 amide bonds. The molecular weight excluding hydrogens is 402 g/mol. The Morgan fingerprint density at radius 1 is 1.20 bits per heavy atom. The van der Waals surface area contributed by atoms with E-state index < -0.39 is 5.97 Å². The van der Waals surface area contributed by atoms with Crippen molar-refractivity contribution in [2.45, 2.75) is 6.92 Å². The maximum Gasteiger partial charge on any atom is 0.331 e. The van der Waals surface area contributed by atoms with E-state index in [4.69, 9.17) is 14.7 Å². The summed E-state index contributed by atoms with van der Waals surface area (Å²) in [5, 5.41) is 9.08. The van der Waals surface area contributed by atoms with Crippen LogP contribution in [0.4, 0.5) is 5.13 Å². The van der Waals surface area contributed by atoms with Crippen LogP contribution in [0.1, 0.15) is 12.5 Å². The average Bonchev–Trinajstić information content (AvgIpc) is 3.19. The first-order valence-corrected chi connectivity index (χ1v) is 10.0. The molecule has 0 aliphatic heterocycles. The van der Waals surface area contributed by atoms with Gasteiger partial charge in [0, 0.05) is 12.6 Å². The Kier molecular flexibility index (Phi) is 7.14. The lowest BCUT2D eigenvalue weighted by Crippen LogP contribution is -2.34. The first kappa shape index (κ1) is 21.0. The molecule has 0 aliphatic carbocycles. The molecule has 152 valence electrons. The number of likely N-dealkylation sites (N-methyl/N-ethyl adjacent to an activating group) is 1. The molecule has 0 spiro atoms. The number of carbonyl (C=O) groups excluding carboxylic acids is 2. The molecule has 0 unspecified atom stereocenters. The zero-order valence-corrected chi connectivity index (χ0v) is 17.1. The van der Waals surface area contributed by atoms with Crippen molar-refractivity contribution >= 4 is 44.6 Å². The third-order valence-electron chi connectivity index (χ3n) is 4.06. The highest BCUT2D eigenvalue weighted by atomic mass is 32.1. The number of hydrogen-bond acceptors (Lipinski definition) is 7. The molecule has 8 heteroatoms. The molecular formula is C22H19N3O4S. The van der Waals surface area contributed by atoms with Crippen molar-refractivity contribution in [1.82, 2.24) is 4.98 Å². The third-order valence-corrected chi connectivity index (χ3v) is 5.12. The number of para-hydroxylation sites is 1. The molecule has 0 aliphatic rings. The Balaban J connectivity index is 1.54. The summed E-state index contributed by atoms with van der Waals surface area (Å²) >= 11 is 1.42. The van der Waals surface area contributed by atoms with Crippen LogP contribution in [-0.4, -0.2) is 36.6 Å². The average molecular weight is 421 g/mol. The number of benzene rings is 2. The SMILES string of the molecule is CCN(C(=O)COC(=O)/C=C/c1ccc(OCC#N)cc1)c1nc2ccccc2s1. The molecule has 1 aromatic heterocycles. The van der Waals surface area contributed by atoms with E-state index in [1.807, 2.05) is 37.3 Å². The van der Waals surface area contributed by atoms with Crippen LogP contribution >= 0.6 is 11.3 Å². The lowest BCUT2D eigenvalue weighted by Gasteiger charge is -2.17. The van der Waals surface area contributed by atoms with Gasteiger partial charge in [0.05, 0.1) is 10.2 Å². The Hall–Kier alpha value is -3.70. The standard InChI is InChI=1S/C22H19N3O4S/c1-2-25(22-24-18-5-3-4-6-19(18)30-22)20(26)15-29-21(27)12-9-16-7-10-17(11-8-16)28-14-13-23/h3-12H,2,14-15H2,1H3/b12-9+. The Morgan fingerprint density at radius 3 is 2.67 bits per heavy atom. The van der Waals surface area contributed by atoms with Crippen LogP contribution in [0.2, 0.25) is 0 Å². The Morgan fingerprint density at radius 2 is 1.97 bits per heavy atom. The van der Waals surface area contributed by atoms with Crippen LogP contribution < -0.4 is 9.64 Å². The van der Waals surface area contributed by atoms with Crippen LogP contribution in [0.5, 0.6) is 5.75 Å². The van der Waals surface area contributed by atoms with Crippen LogP contribution in [0.15, 0.2) is 54.6 Å². The number of ether oxygens (including phenoxy) is 2.